The van der Waals surface area contributed by atoms with Crippen LogP contribution in [-0.4, -0.2) is 46.1 Å². The van der Waals surface area contributed by atoms with Crippen LogP contribution in [0.15, 0.2) is 34.2 Å². The molecule has 6 nitrogen and oxygen atoms in total. The number of benzene rings is 1. The molecule has 1 aliphatic heterocycles. The highest BCUT2D eigenvalue weighted by Gasteiger charge is 2.14. The minimum Gasteiger partial charge on any atom is -0.357 e. The number of aryl methyl sites for hydroxylation is 1. The Hall–Kier alpha value is -2.09. The Morgan fingerprint density at radius 3 is 2.86 bits per heavy atom. The zero-order chi connectivity index (χ0) is 20.3. The first-order valence-electron chi connectivity index (χ1n) is 10.6. The third kappa shape index (κ3) is 7.03. The Morgan fingerprint density at radius 2 is 2.03 bits per heavy atom. The van der Waals surface area contributed by atoms with Crippen LogP contribution in [0.5, 0.6) is 0 Å². The molecule has 2 N–H and O–H groups in total. The fourth-order valence-corrected chi connectivity index (χ4v) is 4.18. The van der Waals surface area contributed by atoms with E-state index in [0.29, 0.717) is 0 Å². The Kier molecular flexibility index (Phi) is 8.80. The molecule has 2 heterocycles. The predicted molar refractivity (Wildman–Crippen MR) is 117 cm³/mol. The van der Waals surface area contributed by atoms with Crippen molar-refractivity contribution in [3.63, 3.8) is 0 Å². The molecular weight excluding hydrogens is 387 g/mol. The van der Waals surface area contributed by atoms with Crippen LogP contribution in [0.2, 0.25) is 0 Å². The molecule has 0 saturated heterocycles. The summed E-state index contributed by atoms with van der Waals surface area (Å²) >= 11 is 1.73. The maximum Gasteiger partial charge on any atom is 0.191 e. The summed E-state index contributed by atoms with van der Waals surface area (Å²) in [6, 6.07) is 6.64. The van der Waals surface area contributed by atoms with E-state index in [1.54, 1.807) is 11.8 Å². The van der Waals surface area contributed by atoms with Crippen molar-refractivity contribution < 1.29 is 4.39 Å². The number of hydrogen-bond donors (Lipinski definition) is 2. The summed E-state index contributed by atoms with van der Waals surface area (Å²) < 4.78 is 15.2. The number of fused-ring (bicyclic) bond motifs is 1. The van der Waals surface area contributed by atoms with Gasteiger partial charge in [0, 0.05) is 43.9 Å². The molecule has 0 bridgehead atoms. The van der Waals surface area contributed by atoms with Gasteiger partial charge in [-0.3, -0.25) is 4.99 Å². The van der Waals surface area contributed by atoms with Crippen molar-refractivity contribution in [2.24, 2.45) is 4.99 Å². The van der Waals surface area contributed by atoms with E-state index >= 15 is 0 Å². The number of guanidine groups is 1. The highest BCUT2D eigenvalue weighted by Crippen LogP contribution is 2.18. The molecule has 3 rings (SSSR count). The third-order valence-electron chi connectivity index (χ3n) is 4.83. The molecule has 0 amide bonds. The molecule has 0 radical (unpaired) electrons. The van der Waals surface area contributed by atoms with Gasteiger partial charge in [0.1, 0.15) is 17.5 Å². The van der Waals surface area contributed by atoms with Gasteiger partial charge >= 0.3 is 0 Å². The molecule has 0 fully saturated rings. The van der Waals surface area contributed by atoms with Crippen LogP contribution >= 0.6 is 11.8 Å². The lowest BCUT2D eigenvalue weighted by Gasteiger charge is -2.12. The van der Waals surface area contributed by atoms with Gasteiger partial charge in [-0.25, -0.2) is 4.39 Å². The summed E-state index contributed by atoms with van der Waals surface area (Å²) in [5.74, 6) is 3.82. The summed E-state index contributed by atoms with van der Waals surface area (Å²) in [4.78, 5) is 5.75. The van der Waals surface area contributed by atoms with Gasteiger partial charge in [-0.2, -0.15) is 0 Å². The van der Waals surface area contributed by atoms with Crippen LogP contribution in [0.3, 0.4) is 0 Å². The maximum atomic E-state index is 12.9. The summed E-state index contributed by atoms with van der Waals surface area (Å²) in [5.41, 5.74) is 0. The normalized spacial score (nSPS) is 14.3. The van der Waals surface area contributed by atoms with E-state index in [9.17, 15) is 4.39 Å². The van der Waals surface area contributed by atoms with Crippen LogP contribution in [-0.2, 0) is 19.4 Å². The van der Waals surface area contributed by atoms with Crippen molar-refractivity contribution in [2.75, 3.05) is 25.4 Å². The average molecular weight is 419 g/mol. The molecule has 0 spiro atoms. The molecule has 1 aliphatic rings. The highest BCUT2D eigenvalue weighted by molar-refractivity contribution is 7.99. The quantitative estimate of drug-likeness (QED) is 0.283. The van der Waals surface area contributed by atoms with Crippen LogP contribution < -0.4 is 10.6 Å². The molecule has 1 aromatic heterocycles. The Balaban J connectivity index is 1.40. The summed E-state index contributed by atoms with van der Waals surface area (Å²) in [6.07, 6.45) is 6.56. The number of nitrogens with zero attached hydrogens (tertiary/aromatic N) is 4. The van der Waals surface area contributed by atoms with Crippen molar-refractivity contribution in [3.05, 3.63) is 41.7 Å². The average Bonchev–Trinajstić information content (AvgIpc) is 2.95. The molecule has 0 saturated carbocycles. The minimum absolute atomic E-state index is 0.192. The molecule has 29 heavy (non-hydrogen) atoms. The third-order valence-corrected chi connectivity index (χ3v) is 5.92. The number of halogens is 1. The summed E-state index contributed by atoms with van der Waals surface area (Å²) in [5, 5.41) is 15.5. The lowest BCUT2D eigenvalue weighted by atomic mass is 10.2. The standard InChI is InChI=1S/C21H31FN6S/c1-2-23-21(24-13-6-16-29-18-10-8-17(22)9-11-18)25-14-12-20-27-26-19-7-4-3-5-15-28(19)20/h8-11H,2-7,12-16H2,1H3,(H2,23,24,25). The fraction of sp³-hybridized carbons (Fsp3) is 0.571. The van der Waals surface area contributed by atoms with Gasteiger partial charge in [-0.1, -0.05) is 6.42 Å². The van der Waals surface area contributed by atoms with E-state index in [1.165, 1.54) is 31.4 Å². The van der Waals surface area contributed by atoms with E-state index in [4.69, 9.17) is 0 Å². The van der Waals surface area contributed by atoms with Gasteiger partial charge < -0.3 is 15.2 Å². The number of thioether (sulfide) groups is 1. The van der Waals surface area contributed by atoms with Crippen molar-refractivity contribution in [1.82, 2.24) is 25.4 Å². The van der Waals surface area contributed by atoms with Crippen LogP contribution in [0.1, 0.15) is 44.3 Å². The first-order chi connectivity index (χ1) is 14.3. The maximum absolute atomic E-state index is 12.9. The zero-order valence-electron chi connectivity index (χ0n) is 17.2. The topological polar surface area (TPSA) is 67.1 Å². The number of hydrogen-bond acceptors (Lipinski definition) is 4. The number of aliphatic imine (C=N–C) groups is 1. The number of rotatable bonds is 9. The van der Waals surface area contributed by atoms with E-state index in [1.807, 2.05) is 12.1 Å². The molecule has 0 unspecified atom stereocenters. The molecular formula is C21H31FN6S. The Bertz CT molecular complexity index is 774. The SMILES string of the molecule is CCNC(=NCCCSc1ccc(F)cc1)NCCc1nnc2n1CCCCC2. The first kappa shape index (κ1) is 21.6. The predicted octanol–water partition coefficient (Wildman–Crippen LogP) is 3.42. The largest absolute Gasteiger partial charge is 0.357 e. The van der Waals surface area contributed by atoms with Gasteiger partial charge in [0.05, 0.1) is 0 Å². The van der Waals surface area contributed by atoms with Crippen molar-refractivity contribution >= 4 is 17.7 Å². The van der Waals surface area contributed by atoms with Gasteiger partial charge in [0.15, 0.2) is 5.96 Å². The number of nitrogens with one attached hydrogen (secondary N) is 2. The van der Waals surface area contributed by atoms with Crippen LogP contribution in [0.25, 0.3) is 0 Å². The summed E-state index contributed by atoms with van der Waals surface area (Å²) in [7, 11) is 0. The Labute approximate surface area is 176 Å². The minimum atomic E-state index is -0.192. The number of aromatic nitrogens is 3. The molecule has 2 aromatic rings. The van der Waals surface area contributed by atoms with E-state index in [0.717, 1.165) is 73.7 Å². The van der Waals surface area contributed by atoms with E-state index < -0.39 is 0 Å². The summed E-state index contributed by atoms with van der Waals surface area (Å²) in [6.45, 7) is 5.48. The van der Waals surface area contributed by atoms with Crippen molar-refractivity contribution in [1.29, 1.82) is 0 Å². The molecule has 0 aliphatic carbocycles. The second-order valence-electron chi connectivity index (χ2n) is 7.09. The van der Waals surface area contributed by atoms with Gasteiger partial charge in [0.2, 0.25) is 0 Å². The smallest absolute Gasteiger partial charge is 0.191 e. The van der Waals surface area contributed by atoms with Gasteiger partial charge in [-0.05, 0) is 56.2 Å². The van der Waals surface area contributed by atoms with Crippen LogP contribution in [0.4, 0.5) is 4.39 Å². The first-order valence-corrected chi connectivity index (χ1v) is 11.6. The van der Waals surface area contributed by atoms with Gasteiger partial charge in [0.25, 0.3) is 0 Å². The van der Waals surface area contributed by atoms with E-state index in [2.05, 4.69) is 37.3 Å². The fourth-order valence-electron chi connectivity index (χ4n) is 3.34. The molecule has 1 aromatic carbocycles. The monoisotopic (exact) mass is 418 g/mol. The highest BCUT2D eigenvalue weighted by atomic mass is 32.2. The van der Waals surface area contributed by atoms with Crippen molar-refractivity contribution in [3.8, 4) is 0 Å². The molecule has 158 valence electrons. The lowest BCUT2D eigenvalue weighted by molar-refractivity contribution is 0.600. The van der Waals surface area contributed by atoms with Gasteiger partial charge in [-0.15, -0.1) is 22.0 Å². The van der Waals surface area contributed by atoms with E-state index in [-0.39, 0.29) is 5.82 Å². The second-order valence-corrected chi connectivity index (χ2v) is 8.26. The zero-order valence-corrected chi connectivity index (χ0v) is 18.0. The van der Waals surface area contributed by atoms with Crippen molar-refractivity contribution in [2.45, 2.75) is 56.9 Å². The van der Waals surface area contributed by atoms with Crippen LogP contribution in [0, 0.1) is 5.82 Å². The second kappa shape index (κ2) is 11.8. The molecule has 8 heteroatoms. The molecule has 0 atom stereocenters. The lowest BCUT2D eigenvalue weighted by Crippen LogP contribution is -2.38. The Morgan fingerprint density at radius 1 is 1.17 bits per heavy atom.